The number of nitrogens with one attached hydrogen (secondary N) is 1. The molecule has 0 radical (unpaired) electrons. The lowest BCUT2D eigenvalue weighted by atomic mass is 9.84. The van der Waals surface area contributed by atoms with Crippen LogP contribution < -0.4 is 5.32 Å². The van der Waals surface area contributed by atoms with E-state index in [1.54, 1.807) is 0 Å². The van der Waals surface area contributed by atoms with E-state index in [4.69, 9.17) is 9.47 Å². The van der Waals surface area contributed by atoms with Crippen LogP contribution in [-0.4, -0.2) is 32.1 Å². The second kappa shape index (κ2) is 9.76. The summed E-state index contributed by atoms with van der Waals surface area (Å²) in [5.74, 6) is 0.872. The molecule has 3 nitrogen and oxygen atoms in total. The van der Waals surface area contributed by atoms with E-state index in [-0.39, 0.29) is 6.29 Å². The lowest BCUT2D eigenvalue weighted by molar-refractivity contribution is -0.138. The maximum Gasteiger partial charge on any atom is 0.158 e. The Balaban J connectivity index is 2.14. The first-order valence-electron chi connectivity index (χ1n) is 7.74. The molecule has 1 N–H and O–H groups in total. The molecular formula is C15H31NO2. The molecule has 0 aromatic carbocycles. The fourth-order valence-corrected chi connectivity index (χ4v) is 2.82. The lowest BCUT2D eigenvalue weighted by Crippen LogP contribution is -2.36. The van der Waals surface area contributed by atoms with Crippen LogP contribution in [0.1, 0.15) is 59.3 Å². The van der Waals surface area contributed by atoms with Gasteiger partial charge in [0.25, 0.3) is 0 Å². The summed E-state index contributed by atoms with van der Waals surface area (Å²) in [6, 6.07) is 0.634. The van der Waals surface area contributed by atoms with Gasteiger partial charge in [-0.2, -0.15) is 0 Å². The summed E-state index contributed by atoms with van der Waals surface area (Å²) >= 11 is 0. The van der Waals surface area contributed by atoms with Gasteiger partial charge in [0.1, 0.15) is 0 Å². The Kier molecular flexibility index (Phi) is 8.64. The van der Waals surface area contributed by atoms with Gasteiger partial charge in [0.2, 0.25) is 0 Å². The van der Waals surface area contributed by atoms with Crippen LogP contribution in [-0.2, 0) is 9.47 Å². The molecule has 3 heteroatoms. The van der Waals surface area contributed by atoms with Crippen molar-refractivity contribution in [3.63, 3.8) is 0 Å². The van der Waals surface area contributed by atoms with Gasteiger partial charge in [0, 0.05) is 32.2 Å². The van der Waals surface area contributed by atoms with E-state index in [1.807, 2.05) is 13.8 Å². The normalized spacial score (nSPS) is 19.3. The smallest absolute Gasteiger partial charge is 0.158 e. The van der Waals surface area contributed by atoms with Gasteiger partial charge in [-0.1, -0.05) is 19.3 Å². The number of hydrogen-bond acceptors (Lipinski definition) is 3. The average molecular weight is 257 g/mol. The molecule has 0 bridgehead atoms. The van der Waals surface area contributed by atoms with Crippen molar-refractivity contribution in [1.29, 1.82) is 0 Å². The maximum atomic E-state index is 5.55. The average Bonchev–Trinajstić information content (AvgIpc) is 2.40. The highest BCUT2D eigenvalue weighted by Crippen LogP contribution is 2.26. The number of ether oxygens (including phenoxy) is 2. The van der Waals surface area contributed by atoms with Crippen LogP contribution in [0.25, 0.3) is 0 Å². The van der Waals surface area contributed by atoms with Crippen LogP contribution in [0.5, 0.6) is 0 Å². The van der Waals surface area contributed by atoms with Crippen LogP contribution >= 0.6 is 0 Å². The zero-order valence-corrected chi connectivity index (χ0v) is 12.4. The van der Waals surface area contributed by atoms with Crippen LogP contribution in [0.15, 0.2) is 0 Å². The molecule has 1 fully saturated rings. The van der Waals surface area contributed by atoms with Gasteiger partial charge in [0.05, 0.1) is 0 Å². The highest BCUT2D eigenvalue weighted by atomic mass is 16.7. The van der Waals surface area contributed by atoms with Gasteiger partial charge in [-0.3, -0.25) is 0 Å². The predicted molar refractivity (Wildman–Crippen MR) is 75.7 cm³/mol. The SMILES string of the molecule is CCOC(CCN[C@@H](C)C1CCCCC1)OCC. The summed E-state index contributed by atoms with van der Waals surface area (Å²) in [6.45, 7) is 8.80. The summed E-state index contributed by atoms with van der Waals surface area (Å²) in [4.78, 5) is 0. The van der Waals surface area contributed by atoms with Crippen molar-refractivity contribution in [2.24, 2.45) is 5.92 Å². The molecule has 0 unspecified atom stereocenters. The standard InChI is InChI=1S/C15H31NO2/c1-4-17-15(18-5-2)11-12-16-13(3)14-9-7-6-8-10-14/h13-16H,4-12H2,1-3H3/t13-/m0/s1. The van der Waals surface area contributed by atoms with Crippen molar-refractivity contribution in [3.8, 4) is 0 Å². The molecule has 0 aromatic heterocycles. The fourth-order valence-electron chi connectivity index (χ4n) is 2.82. The van der Waals surface area contributed by atoms with Gasteiger partial charge >= 0.3 is 0 Å². The first kappa shape index (κ1) is 15.9. The van der Waals surface area contributed by atoms with Crippen molar-refractivity contribution in [1.82, 2.24) is 5.32 Å². The van der Waals surface area contributed by atoms with E-state index < -0.39 is 0 Å². The molecule has 1 aliphatic carbocycles. The first-order chi connectivity index (χ1) is 8.77. The zero-order valence-electron chi connectivity index (χ0n) is 12.4. The van der Waals surface area contributed by atoms with E-state index in [2.05, 4.69) is 12.2 Å². The second-order valence-electron chi connectivity index (χ2n) is 5.27. The minimum atomic E-state index is -0.0361. The van der Waals surface area contributed by atoms with Gasteiger partial charge in [0.15, 0.2) is 6.29 Å². The van der Waals surface area contributed by atoms with Crippen LogP contribution in [0.3, 0.4) is 0 Å². The van der Waals surface area contributed by atoms with Crippen molar-refractivity contribution in [2.45, 2.75) is 71.6 Å². The largest absolute Gasteiger partial charge is 0.353 e. The molecule has 1 atom stereocenters. The summed E-state index contributed by atoms with van der Waals surface area (Å²) in [6.07, 6.45) is 7.96. The summed E-state index contributed by atoms with van der Waals surface area (Å²) < 4.78 is 11.1. The molecule has 0 saturated heterocycles. The van der Waals surface area contributed by atoms with Crippen molar-refractivity contribution >= 4 is 0 Å². The monoisotopic (exact) mass is 257 g/mol. The molecule has 0 heterocycles. The lowest BCUT2D eigenvalue weighted by Gasteiger charge is -2.29. The molecular weight excluding hydrogens is 226 g/mol. The van der Waals surface area contributed by atoms with Gasteiger partial charge in [-0.15, -0.1) is 0 Å². The van der Waals surface area contributed by atoms with E-state index in [1.165, 1.54) is 32.1 Å². The van der Waals surface area contributed by atoms with E-state index >= 15 is 0 Å². The Hall–Kier alpha value is -0.120. The Morgan fingerprint density at radius 2 is 1.67 bits per heavy atom. The maximum absolute atomic E-state index is 5.55. The number of hydrogen-bond donors (Lipinski definition) is 1. The van der Waals surface area contributed by atoms with Crippen molar-refractivity contribution < 1.29 is 9.47 Å². The van der Waals surface area contributed by atoms with E-state index in [0.717, 1.165) is 32.1 Å². The molecule has 0 aromatic rings. The van der Waals surface area contributed by atoms with E-state index in [0.29, 0.717) is 6.04 Å². The zero-order chi connectivity index (χ0) is 13.2. The Morgan fingerprint density at radius 3 is 2.22 bits per heavy atom. The summed E-state index contributed by atoms with van der Waals surface area (Å²) in [7, 11) is 0. The van der Waals surface area contributed by atoms with Crippen molar-refractivity contribution in [3.05, 3.63) is 0 Å². The predicted octanol–water partition coefficient (Wildman–Crippen LogP) is 3.33. The molecule has 0 amide bonds. The van der Waals surface area contributed by atoms with Gasteiger partial charge < -0.3 is 14.8 Å². The molecule has 1 saturated carbocycles. The third-order valence-electron chi connectivity index (χ3n) is 3.91. The highest BCUT2D eigenvalue weighted by Gasteiger charge is 2.19. The van der Waals surface area contributed by atoms with Crippen LogP contribution in [0.2, 0.25) is 0 Å². The highest BCUT2D eigenvalue weighted by molar-refractivity contribution is 4.75. The third-order valence-corrected chi connectivity index (χ3v) is 3.91. The summed E-state index contributed by atoms with van der Waals surface area (Å²) in [5, 5.41) is 3.64. The molecule has 108 valence electrons. The van der Waals surface area contributed by atoms with Gasteiger partial charge in [-0.05, 0) is 39.5 Å². The Bertz CT molecular complexity index is 187. The quantitative estimate of drug-likeness (QED) is 0.643. The molecule has 18 heavy (non-hydrogen) atoms. The van der Waals surface area contributed by atoms with Crippen molar-refractivity contribution in [2.75, 3.05) is 19.8 Å². The summed E-state index contributed by atoms with van der Waals surface area (Å²) in [5.41, 5.74) is 0. The molecule has 0 aliphatic heterocycles. The minimum Gasteiger partial charge on any atom is -0.353 e. The minimum absolute atomic E-state index is 0.0361. The van der Waals surface area contributed by atoms with Crippen LogP contribution in [0, 0.1) is 5.92 Å². The molecule has 1 rings (SSSR count). The Morgan fingerprint density at radius 1 is 1.06 bits per heavy atom. The molecule has 1 aliphatic rings. The number of rotatable bonds is 9. The topological polar surface area (TPSA) is 30.5 Å². The first-order valence-corrected chi connectivity index (χ1v) is 7.74. The van der Waals surface area contributed by atoms with E-state index in [9.17, 15) is 0 Å². The molecule has 0 spiro atoms. The fraction of sp³-hybridized carbons (Fsp3) is 1.00. The Labute approximate surface area is 113 Å². The van der Waals surface area contributed by atoms with Gasteiger partial charge in [-0.25, -0.2) is 0 Å². The van der Waals surface area contributed by atoms with Crippen LogP contribution in [0.4, 0.5) is 0 Å². The third kappa shape index (κ3) is 6.17. The second-order valence-corrected chi connectivity index (χ2v) is 5.27.